The maximum atomic E-state index is 12.8. The van der Waals surface area contributed by atoms with Crippen molar-refractivity contribution in [3.05, 3.63) is 77.3 Å². The summed E-state index contributed by atoms with van der Waals surface area (Å²) in [6.45, 7) is 4.06. The topological polar surface area (TPSA) is 72.8 Å². The molecule has 0 bridgehead atoms. The summed E-state index contributed by atoms with van der Waals surface area (Å²) in [5, 5.41) is 11.7. The van der Waals surface area contributed by atoms with E-state index >= 15 is 0 Å². The van der Waals surface area contributed by atoms with Gasteiger partial charge in [-0.05, 0) is 41.8 Å². The molecule has 0 spiro atoms. The van der Waals surface area contributed by atoms with Crippen molar-refractivity contribution in [3.63, 3.8) is 0 Å². The van der Waals surface area contributed by atoms with E-state index in [9.17, 15) is 14.7 Å². The van der Waals surface area contributed by atoms with E-state index in [1.54, 1.807) is 29.2 Å². The zero-order valence-corrected chi connectivity index (χ0v) is 15.9. The fraction of sp³-hybridized carbons (Fsp3) is 0.150. The molecule has 2 aromatic rings. The van der Waals surface area contributed by atoms with Crippen LogP contribution in [0.15, 0.2) is 66.2 Å². The molecule has 27 heavy (non-hydrogen) atoms. The van der Waals surface area contributed by atoms with Gasteiger partial charge < -0.3 is 9.90 Å². The Kier molecular flexibility index (Phi) is 5.98. The molecule has 0 N–H and O–H groups in total. The van der Waals surface area contributed by atoms with Crippen LogP contribution in [0.1, 0.15) is 15.9 Å². The number of carboxylic acid groups (broad SMARTS) is 1. The number of hydrogen-bond donors (Lipinski definition) is 0. The molecule has 7 heteroatoms. The van der Waals surface area contributed by atoms with Crippen LogP contribution < -0.4 is 5.11 Å². The minimum Gasteiger partial charge on any atom is -0.545 e. The molecular weight excluding hydrogens is 384 g/mol. The lowest BCUT2D eigenvalue weighted by molar-refractivity contribution is -0.255. The fourth-order valence-electron chi connectivity index (χ4n) is 2.68. The van der Waals surface area contributed by atoms with Gasteiger partial charge in [-0.3, -0.25) is 9.69 Å². The van der Waals surface area contributed by atoms with Crippen molar-refractivity contribution in [2.45, 2.75) is 11.7 Å². The van der Waals surface area contributed by atoms with Crippen molar-refractivity contribution in [2.24, 2.45) is 4.99 Å². The zero-order chi connectivity index (χ0) is 19.4. The maximum Gasteiger partial charge on any atom is 0.242 e. The van der Waals surface area contributed by atoms with Gasteiger partial charge >= 0.3 is 0 Å². The molecule has 1 aliphatic rings. The highest BCUT2D eigenvalue weighted by Crippen LogP contribution is 2.32. The van der Waals surface area contributed by atoms with Crippen molar-refractivity contribution in [1.29, 1.82) is 0 Å². The third-order valence-corrected chi connectivity index (χ3v) is 5.38. The molecule has 0 unspecified atom stereocenters. The number of nitrogens with zero attached hydrogens (tertiary/aromatic N) is 2. The SMILES string of the molecule is C=CCN1C(=O)[C@@H](Cc2cccc(Cl)c2)SC1=Nc1ccc(C(=O)[O-])cc1. The second-order valence-corrected chi connectivity index (χ2v) is 7.51. The minimum absolute atomic E-state index is 0.0371. The molecule has 1 amide bonds. The summed E-state index contributed by atoms with van der Waals surface area (Å²) in [6.07, 6.45) is 2.19. The van der Waals surface area contributed by atoms with Crippen molar-refractivity contribution in [2.75, 3.05) is 6.54 Å². The van der Waals surface area contributed by atoms with Crippen molar-refractivity contribution >= 4 is 46.1 Å². The number of aromatic carboxylic acids is 1. The van der Waals surface area contributed by atoms with Gasteiger partial charge in [-0.25, -0.2) is 4.99 Å². The van der Waals surface area contributed by atoms with Crippen LogP contribution in [-0.2, 0) is 11.2 Å². The summed E-state index contributed by atoms with van der Waals surface area (Å²) in [5.41, 5.74) is 1.62. The molecule has 3 rings (SSSR count). The highest BCUT2D eigenvalue weighted by molar-refractivity contribution is 8.15. The molecule has 0 aliphatic carbocycles. The van der Waals surface area contributed by atoms with E-state index in [2.05, 4.69) is 11.6 Å². The summed E-state index contributed by atoms with van der Waals surface area (Å²) >= 11 is 7.41. The number of carboxylic acids is 1. The van der Waals surface area contributed by atoms with E-state index in [1.165, 1.54) is 23.9 Å². The van der Waals surface area contributed by atoms with Gasteiger partial charge in [0.1, 0.15) is 0 Å². The molecule has 1 atom stereocenters. The smallest absolute Gasteiger partial charge is 0.242 e. The van der Waals surface area contributed by atoms with Crippen LogP contribution >= 0.6 is 23.4 Å². The number of carbonyl (C=O) groups is 2. The second kappa shape index (κ2) is 8.41. The van der Waals surface area contributed by atoms with E-state index in [4.69, 9.17) is 11.6 Å². The van der Waals surface area contributed by atoms with Crippen LogP contribution in [0.3, 0.4) is 0 Å². The van der Waals surface area contributed by atoms with Crippen LogP contribution in [0.4, 0.5) is 5.69 Å². The number of amides is 1. The van der Waals surface area contributed by atoms with E-state index in [0.29, 0.717) is 28.8 Å². The Morgan fingerprint density at radius 1 is 1.30 bits per heavy atom. The Morgan fingerprint density at radius 2 is 2.04 bits per heavy atom. The molecule has 1 aliphatic heterocycles. The van der Waals surface area contributed by atoms with Gasteiger partial charge in [-0.15, -0.1) is 6.58 Å². The Morgan fingerprint density at radius 3 is 2.67 bits per heavy atom. The maximum absolute atomic E-state index is 12.8. The van der Waals surface area contributed by atoms with E-state index in [0.717, 1.165) is 5.56 Å². The van der Waals surface area contributed by atoms with Crippen LogP contribution in [0.25, 0.3) is 0 Å². The van der Waals surface area contributed by atoms with Gasteiger partial charge in [-0.1, -0.05) is 53.7 Å². The number of rotatable bonds is 6. The standard InChI is InChI=1S/C20H17ClN2O3S/c1-2-10-23-18(24)17(12-13-4-3-5-15(21)11-13)27-20(23)22-16-8-6-14(7-9-16)19(25)26/h2-9,11,17H,1,10,12H2,(H,25,26)/p-1/t17-/m1/s1. The fourth-order valence-corrected chi connectivity index (χ4v) is 4.10. The quantitative estimate of drug-likeness (QED) is 0.700. The monoisotopic (exact) mass is 399 g/mol. The molecule has 0 aromatic heterocycles. The summed E-state index contributed by atoms with van der Waals surface area (Å²) < 4.78 is 0. The number of carbonyl (C=O) groups excluding carboxylic acids is 2. The van der Waals surface area contributed by atoms with Crippen LogP contribution in [-0.4, -0.2) is 33.7 Å². The first-order valence-corrected chi connectivity index (χ1v) is 9.47. The third-order valence-electron chi connectivity index (χ3n) is 3.97. The second-order valence-electron chi connectivity index (χ2n) is 5.91. The molecule has 0 radical (unpaired) electrons. The molecule has 2 aromatic carbocycles. The minimum atomic E-state index is -1.24. The zero-order valence-electron chi connectivity index (χ0n) is 14.3. The Balaban J connectivity index is 1.84. The molecule has 0 saturated carbocycles. The van der Waals surface area contributed by atoms with Gasteiger partial charge in [0.25, 0.3) is 0 Å². The van der Waals surface area contributed by atoms with E-state index in [1.807, 2.05) is 18.2 Å². The number of aliphatic imine (C=N–C) groups is 1. The Labute approximate surface area is 166 Å². The molecule has 1 fully saturated rings. The van der Waals surface area contributed by atoms with Crippen molar-refractivity contribution in [3.8, 4) is 0 Å². The lowest BCUT2D eigenvalue weighted by atomic mass is 10.1. The predicted octanol–water partition coefficient (Wildman–Crippen LogP) is 3.06. The lowest BCUT2D eigenvalue weighted by Gasteiger charge is -2.14. The Hall–Kier alpha value is -2.57. The van der Waals surface area contributed by atoms with Crippen LogP contribution in [0.5, 0.6) is 0 Å². The number of thioether (sulfide) groups is 1. The lowest BCUT2D eigenvalue weighted by Crippen LogP contribution is -2.32. The van der Waals surface area contributed by atoms with Crippen molar-refractivity contribution < 1.29 is 14.7 Å². The predicted molar refractivity (Wildman–Crippen MR) is 106 cm³/mol. The summed E-state index contributed by atoms with van der Waals surface area (Å²) in [4.78, 5) is 29.7. The Bertz CT molecular complexity index is 912. The van der Waals surface area contributed by atoms with Crippen LogP contribution in [0, 0.1) is 0 Å². The highest BCUT2D eigenvalue weighted by atomic mass is 35.5. The normalized spacial score (nSPS) is 18.1. The first kappa shape index (κ1) is 19.2. The van der Waals surface area contributed by atoms with Gasteiger partial charge in [0.2, 0.25) is 5.91 Å². The molecular formula is C20H16ClN2O3S-. The van der Waals surface area contributed by atoms with Gasteiger partial charge in [0.15, 0.2) is 5.17 Å². The number of amidine groups is 1. The van der Waals surface area contributed by atoms with Gasteiger partial charge in [-0.2, -0.15) is 0 Å². The molecule has 1 heterocycles. The number of hydrogen-bond acceptors (Lipinski definition) is 5. The van der Waals surface area contributed by atoms with Gasteiger partial charge in [0, 0.05) is 11.6 Å². The highest BCUT2D eigenvalue weighted by Gasteiger charge is 2.37. The van der Waals surface area contributed by atoms with E-state index < -0.39 is 5.97 Å². The first-order valence-electron chi connectivity index (χ1n) is 8.21. The number of halogens is 1. The van der Waals surface area contributed by atoms with Crippen molar-refractivity contribution in [1.82, 2.24) is 4.90 Å². The first-order chi connectivity index (χ1) is 13.0. The summed E-state index contributed by atoms with van der Waals surface area (Å²) in [7, 11) is 0. The molecule has 5 nitrogen and oxygen atoms in total. The van der Waals surface area contributed by atoms with Gasteiger partial charge in [0.05, 0.1) is 16.9 Å². The largest absolute Gasteiger partial charge is 0.545 e. The summed E-state index contributed by atoms with van der Waals surface area (Å²) in [5.74, 6) is -1.28. The molecule has 138 valence electrons. The number of benzene rings is 2. The van der Waals surface area contributed by atoms with Crippen LogP contribution in [0.2, 0.25) is 5.02 Å². The summed E-state index contributed by atoms with van der Waals surface area (Å²) in [6, 6.07) is 13.5. The third kappa shape index (κ3) is 4.59. The average molecular weight is 400 g/mol. The van der Waals surface area contributed by atoms with E-state index in [-0.39, 0.29) is 16.7 Å². The molecule has 1 saturated heterocycles. The average Bonchev–Trinajstić information content (AvgIpc) is 2.91.